The Balaban J connectivity index is 2.28. The minimum Gasteiger partial charge on any atom is -0.389 e. The molecule has 0 unspecified atom stereocenters. The van der Waals surface area contributed by atoms with Crippen LogP contribution in [0.1, 0.15) is 18.1 Å². The lowest BCUT2D eigenvalue weighted by molar-refractivity contribution is 0.244. The van der Waals surface area contributed by atoms with Crippen molar-refractivity contribution in [3.8, 4) is 0 Å². The van der Waals surface area contributed by atoms with Crippen molar-refractivity contribution in [2.45, 2.75) is 24.8 Å². The SMILES string of the molecule is Cc1ccc([S@](=O)C(=C\[C@H](C)O)/C=C/c2ccccc2)cc1. The molecule has 1 N–H and O–H groups in total. The molecule has 2 rings (SSSR count). The van der Waals surface area contributed by atoms with E-state index in [1.54, 1.807) is 19.1 Å². The van der Waals surface area contributed by atoms with Gasteiger partial charge in [0.05, 0.1) is 16.9 Å². The molecule has 22 heavy (non-hydrogen) atoms. The van der Waals surface area contributed by atoms with Crippen LogP contribution in [-0.4, -0.2) is 15.4 Å². The Morgan fingerprint density at radius 3 is 2.32 bits per heavy atom. The molecule has 2 nitrogen and oxygen atoms in total. The van der Waals surface area contributed by atoms with Crippen LogP contribution in [0, 0.1) is 6.92 Å². The van der Waals surface area contributed by atoms with Crippen molar-refractivity contribution in [3.63, 3.8) is 0 Å². The first-order valence-corrected chi connectivity index (χ1v) is 8.33. The summed E-state index contributed by atoms with van der Waals surface area (Å²) < 4.78 is 12.7. The van der Waals surface area contributed by atoms with Gasteiger partial charge in [0.25, 0.3) is 0 Å². The fourth-order valence-corrected chi connectivity index (χ4v) is 3.12. The third-order valence-corrected chi connectivity index (χ3v) is 4.49. The monoisotopic (exact) mass is 312 g/mol. The van der Waals surface area contributed by atoms with E-state index in [9.17, 15) is 9.32 Å². The second-order valence-electron chi connectivity index (χ2n) is 5.14. The van der Waals surface area contributed by atoms with E-state index in [2.05, 4.69) is 0 Å². The maximum absolute atomic E-state index is 12.7. The zero-order chi connectivity index (χ0) is 15.9. The lowest BCUT2D eigenvalue weighted by Crippen LogP contribution is -2.00. The number of hydrogen-bond acceptors (Lipinski definition) is 2. The van der Waals surface area contributed by atoms with Crippen LogP contribution >= 0.6 is 0 Å². The van der Waals surface area contributed by atoms with Gasteiger partial charge in [0.15, 0.2) is 0 Å². The van der Waals surface area contributed by atoms with Gasteiger partial charge in [-0.05, 0) is 43.7 Å². The maximum Gasteiger partial charge on any atom is 0.0847 e. The molecule has 114 valence electrons. The molecule has 0 bridgehead atoms. The molecule has 0 aliphatic heterocycles. The van der Waals surface area contributed by atoms with E-state index in [0.717, 1.165) is 16.0 Å². The first-order valence-electron chi connectivity index (χ1n) is 7.18. The average Bonchev–Trinajstić information content (AvgIpc) is 2.52. The van der Waals surface area contributed by atoms with Gasteiger partial charge in [-0.1, -0.05) is 54.1 Å². The van der Waals surface area contributed by atoms with Crippen LogP contribution in [0.2, 0.25) is 0 Å². The summed E-state index contributed by atoms with van der Waals surface area (Å²) in [6.45, 7) is 3.65. The van der Waals surface area contributed by atoms with Gasteiger partial charge >= 0.3 is 0 Å². The Morgan fingerprint density at radius 2 is 1.73 bits per heavy atom. The zero-order valence-corrected chi connectivity index (χ0v) is 13.6. The zero-order valence-electron chi connectivity index (χ0n) is 12.8. The number of benzene rings is 2. The molecular weight excluding hydrogens is 292 g/mol. The Kier molecular flexibility index (Phi) is 5.87. The van der Waals surface area contributed by atoms with Crippen molar-refractivity contribution in [1.29, 1.82) is 0 Å². The van der Waals surface area contributed by atoms with Crippen LogP contribution < -0.4 is 0 Å². The van der Waals surface area contributed by atoms with E-state index in [0.29, 0.717) is 4.91 Å². The van der Waals surface area contributed by atoms with Crippen molar-refractivity contribution >= 4 is 16.9 Å². The van der Waals surface area contributed by atoms with Gasteiger partial charge in [0.1, 0.15) is 0 Å². The first kappa shape index (κ1) is 16.4. The van der Waals surface area contributed by atoms with Crippen molar-refractivity contribution < 1.29 is 9.32 Å². The Bertz CT molecular complexity index is 683. The molecule has 2 aromatic rings. The highest BCUT2D eigenvalue weighted by molar-refractivity contribution is 7.89. The highest BCUT2D eigenvalue weighted by Gasteiger charge is 2.09. The first-order chi connectivity index (χ1) is 10.6. The number of aliphatic hydroxyl groups excluding tert-OH is 1. The lowest BCUT2D eigenvalue weighted by atomic mass is 10.2. The summed E-state index contributed by atoms with van der Waals surface area (Å²) in [5, 5.41) is 9.62. The number of aryl methyl sites for hydroxylation is 1. The van der Waals surface area contributed by atoms with Gasteiger partial charge in [-0.15, -0.1) is 0 Å². The predicted molar refractivity (Wildman–Crippen MR) is 92.8 cm³/mol. The highest BCUT2D eigenvalue weighted by atomic mass is 32.2. The summed E-state index contributed by atoms with van der Waals surface area (Å²) in [5.74, 6) is 0. The van der Waals surface area contributed by atoms with E-state index in [-0.39, 0.29) is 0 Å². The molecule has 0 spiro atoms. The van der Waals surface area contributed by atoms with Crippen molar-refractivity contribution in [1.82, 2.24) is 0 Å². The minimum absolute atomic E-state index is 0.600. The van der Waals surface area contributed by atoms with Gasteiger partial charge in [0.2, 0.25) is 0 Å². The molecule has 0 aliphatic carbocycles. The summed E-state index contributed by atoms with van der Waals surface area (Å²) in [4.78, 5) is 1.33. The van der Waals surface area contributed by atoms with Gasteiger partial charge in [-0.25, -0.2) is 4.21 Å². The molecule has 2 aromatic carbocycles. The van der Waals surface area contributed by atoms with Crippen molar-refractivity contribution in [2.75, 3.05) is 0 Å². The summed E-state index contributed by atoms with van der Waals surface area (Å²) in [6, 6.07) is 17.4. The van der Waals surface area contributed by atoms with Crippen molar-refractivity contribution in [2.24, 2.45) is 0 Å². The molecule has 0 saturated carbocycles. The predicted octanol–water partition coefficient (Wildman–Crippen LogP) is 4.08. The summed E-state index contributed by atoms with van der Waals surface area (Å²) in [7, 11) is -1.31. The van der Waals surface area contributed by atoms with Crippen LogP contribution in [0.25, 0.3) is 6.08 Å². The van der Waals surface area contributed by atoms with E-state index in [1.165, 1.54) is 0 Å². The molecular formula is C19H20O2S. The standard InChI is InChI=1S/C19H20O2S/c1-15-8-11-18(12-9-15)22(21)19(14-16(2)20)13-10-17-6-4-3-5-7-17/h3-14,16,20H,1-2H3/b13-10+,19-14-/t16-,22-/m0/s1. The van der Waals surface area contributed by atoms with Crippen LogP contribution in [0.15, 0.2) is 76.5 Å². The molecule has 0 aliphatic rings. The van der Waals surface area contributed by atoms with Crippen LogP contribution in [0.3, 0.4) is 0 Å². The molecule has 2 atom stereocenters. The van der Waals surface area contributed by atoms with Gasteiger partial charge in [-0.3, -0.25) is 0 Å². The maximum atomic E-state index is 12.7. The van der Waals surface area contributed by atoms with E-state index in [4.69, 9.17) is 0 Å². The normalized spacial score (nSPS) is 15.0. The molecule has 0 radical (unpaired) electrons. The Hall–Kier alpha value is -1.97. The number of rotatable bonds is 5. The van der Waals surface area contributed by atoms with Crippen LogP contribution in [0.5, 0.6) is 0 Å². The second-order valence-corrected chi connectivity index (χ2v) is 6.62. The van der Waals surface area contributed by atoms with Crippen LogP contribution in [0.4, 0.5) is 0 Å². The Labute approximate surface area is 134 Å². The quantitative estimate of drug-likeness (QED) is 0.845. The average molecular weight is 312 g/mol. The van der Waals surface area contributed by atoms with Crippen molar-refractivity contribution in [3.05, 3.63) is 82.8 Å². The molecule has 0 heterocycles. The van der Waals surface area contributed by atoms with E-state index < -0.39 is 16.9 Å². The minimum atomic E-state index is -1.31. The molecule has 0 amide bonds. The molecule has 0 aromatic heterocycles. The summed E-state index contributed by atoms with van der Waals surface area (Å²) in [6.07, 6.45) is 4.68. The third-order valence-electron chi connectivity index (χ3n) is 3.09. The molecule has 0 saturated heterocycles. The number of allylic oxidation sites excluding steroid dienone is 1. The van der Waals surface area contributed by atoms with Gasteiger partial charge in [-0.2, -0.15) is 0 Å². The number of aliphatic hydroxyl groups is 1. The number of hydrogen-bond donors (Lipinski definition) is 1. The van der Waals surface area contributed by atoms with Crippen LogP contribution in [-0.2, 0) is 10.8 Å². The summed E-state index contributed by atoms with van der Waals surface area (Å²) >= 11 is 0. The molecule has 3 heteroatoms. The lowest BCUT2D eigenvalue weighted by Gasteiger charge is -2.06. The highest BCUT2D eigenvalue weighted by Crippen LogP contribution is 2.18. The third kappa shape index (κ3) is 4.79. The van der Waals surface area contributed by atoms with Gasteiger partial charge < -0.3 is 5.11 Å². The second kappa shape index (κ2) is 7.87. The Morgan fingerprint density at radius 1 is 1.09 bits per heavy atom. The largest absolute Gasteiger partial charge is 0.389 e. The summed E-state index contributed by atoms with van der Waals surface area (Å²) in [5.41, 5.74) is 2.15. The molecule has 0 fully saturated rings. The van der Waals surface area contributed by atoms with Gasteiger partial charge in [0, 0.05) is 9.80 Å². The fraction of sp³-hybridized carbons (Fsp3) is 0.158. The topological polar surface area (TPSA) is 37.3 Å². The smallest absolute Gasteiger partial charge is 0.0847 e. The fourth-order valence-electron chi connectivity index (χ4n) is 1.96. The van der Waals surface area contributed by atoms with E-state index in [1.807, 2.05) is 67.6 Å². The van der Waals surface area contributed by atoms with E-state index >= 15 is 0 Å².